The predicted molar refractivity (Wildman–Crippen MR) is 67.9 cm³/mol. The average Bonchev–Trinajstić information content (AvgIpc) is 2.66. The van der Waals surface area contributed by atoms with Gasteiger partial charge in [0.15, 0.2) is 5.82 Å². The number of hydrogen-bond acceptors (Lipinski definition) is 5. The van der Waals surface area contributed by atoms with Crippen molar-refractivity contribution in [2.45, 2.75) is 58.2 Å². The van der Waals surface area contributed by atoms with Gasteiger partial charge < -0.3 is 5.11 Å². The summed E-state index contributed by atoms with van der Waals surface area (Å²) in [7, 11) is 0. The highest BCUT2D eigenvalue weighted by molar-refractivity contribution is 4.85. The van der Waals surface area contributed by atoms with E-state index in [2.05, 4.69) is 27.3 Å². The van der Waals surface area contributed by atoms with Crippen LogP contribution in [0, 0.1) is 0 Å². The van der Waals surface area contributed by atoms with Gasteiger partial charge in [0.1, 0.15) is 0 Å². The van der Waals surface area contributed by atoms with E-state index in [1.807, 2.05) is 11.6 Å². The quantitative estimate of drug-likeness (QED) is 0.860. The molecule has 0 aromatic carbocycles. The number of aromatic nitrogens is 4. The largest absolute Gasteiger partial charge is 0.390 e. The molecule has 0 radical (unpaired) electrons. The van der Waals surface area contributed by atoms with Crippen LogP contribution in [0.5, 0.6) is 0 Å². The van der Waals surface area contributed by atoms with Crippen molar-refractivity contribution >= 4 is 0 Å². The number of likely N-dealkylation sites (tertiary alicyclic amines) is 1. The molecule has 1 fully saturated rings. The van der Waals surface area contributed by atoms with Gasteiger partial charge >= 0.3 is 0 Å². The molecule has 2 rings (SSSR count). The molecule has 1 aromatic heterocycles. The molecule has 1 aliphatic heterocycles. The van der Waals surface area contributed by atoms with Crippen molar-refractivity contribution in [3.63, 3.8) is 0 Å². The molecule has 18 heavy (non-hydrogen) atoms. The van der Waals surface area contributed by atoms with Crippen LogP contribution in [0.2, 0.25) is 0 Å². The maximum absolute atomic E-state index is 10.1. The summed E-state index contributed by atoms with van der Waals surface area (Å²) in [6, 6.07) is 0. The first-order valence-corrected chi connectivity index (χ1v) is 6.80. The van der Waals surface area contributed by atoms with E-state index in [1.165, 1.54) is 0 Å². The second-order valence-electron chi connectivity index (χ2n) is 5.44. The normalized spacial score (nSPS) is 26.2. The lowest BCUT2D eigenvalue weighted by molar-refractivity contribution is 0.0443. The summed E-state index contributed by atoms with van der Waals surface area (Å²) in [6.45, 7) is 7.62. The first-order chi connectivity index (χ1) is 8.61. The minimum absolute atomic E-state index is 0.510. The maximum atomic E-state index is 10.1. The molecule has 2 heterocycles. The summed E-state index contributed by atoms with van der Waals surface area (Å²) in [4.78, 5) is 2.33. The fourth-order valence-electron chi connectivity index (χ4n) is 2.40. The zero-order valence-electron chi connectivity index (χ0n) is 11.3. The van der Waals surface area contributed by atoms with E-state index >= 15 is 0 Å². The smallest absolute Gasteiger partial charge is 0.165 e. The van der Waals surface area contributed by atoms with Gasteiger partial charge in [0.05, 0.1) is 12.1 Å². The lowest BCUT2D eigenvalue weighted by Crippen LogP contribution is -2.29. The van der Waals surface area contributed by atoms with Gasteiger partial charge in [-0.05, 0) is 49.6 Å². The molecule has 102 valence electrons. The average molecular weight is 253 g/mol. The van der Waals surface area contributed by atoms with E-state index in [1.54, 1.807) is 0 Å². The van der Waals surface area contributed by atoms with Gasteiger partial charge in [-0.3, -0.25) is 4.90 Å². The zero-order chi connectivity index (χ0) is 13.0. The second kappa shape index (κ2) is 5.75. The summed E-state index contributed by atoms with van der Waals surface area (Å²) < 4.78 is 1.88. The third-order valence-corrected chi connectivity index (χ3v) is 3.56. The Bertz CT molecular complexity index is 376. The molecule has 1 aliphatic rings. The van der Waals surface area contributed by atoms with Crippen LogP contribution in [0.25, 0.3) is 0 Å². The van der Waals surface area contributed by atoms with Gasteiger partial charge in [-0.25, -0.2) is 4.68 Å². The van der Waals surface area contributed by atoms with Crippen molar-refractivity contribution in [3.05, 3.63) is 5.82 Å². The van der Waals surface area contributed by atoms with Crippen LogP contribution >= 0.6 is 0 Å². The third kappa shape index (κ3) is 3.49. The molecule has 0 bridgehead atoms. The van der Waals surface area contributed by atoms with Crippen molar-refractivity contribution < 1.29 is 5.11 Å². The highest BCUT2D eigenvalue weighted by Gasteiger charge is 2.25. The Morgan fingerprint density at radius 1 is 1.33 bits per heavy atom. The van der Waals surface area contributed by atoms with Gasteiger partial charge in [-0.15, -0.1) is 5.10 Å². The number of tetrazole rings is 1. The van der Waals surface area contributed by atoms with E-state index in [4.69, 9.17) is 0 Å². The third-order valence-electron chi connectivity index (χ3n) is 3.56. The van der Waals surface area contributed by atoms with Crippen LogP contribution in [-0.4, -0.2) is 48.9 Å². The number of nitrogens with zero attached hydrogens (tertiary/aromatic N) is 5. The van der Waals surface area contributed by atoms with Crippen LogP contribution in [0.1, 0.15) is 45.4 Å². The van der Waals surface area contributed by atoms with Crippen molar-refractivity contribution in [2.24, 2.45) is 0 Å². The van der Waals surface area contributed by atoms with Gasteiger partial charge in [0.25, 0.3) is 0 Å². The van der Waals surface area contributed by atoms with Gasteiger partial charge in [0.2, 0.25) is 0 Å². The van der Waals surface area contributed by atoms with Gasteiger partial charge in [-0.1, -0.05) is 6.92 Å². The van der Waals surface area contributed by atoms with Gasteiger partial charge in [0, 0.05) is 13.1 Å². The molecule has 1 unspecified atom stereocenters. The van der Waals surface area contributed by atoms with Crippen LogP contribution in [-0.2, 0) is 13.1 Å². The van der Waals surface area contributed by atoms with Gasteiger partial charge in [-0.2, -0.15) is 0 Å². The first kappa shape index (κ1) is 13.4. The Morgan fingerprint density at radius 2 is 2.17 bits per heavy atom. The monoisotopic (exact) mass is 253 g/mol. The van der Waals surface area contributed by atoms with Crippen molar-refractivity contribution in [1.82, 2.24) is 25.1 Å². The summed E-state index contributed by atoms with van der Waals surface area (Å²) >= 11 is 0. The lowest BCUT2D eigenvalue weighted by atomic mass is 9.98. The molecule has 0 aliphatic carbocycles. The fourth-order valence-corrected chi connectivity index (χ4v) is 2.40. The highest BCUT2D eigenvalue weighted by atomic mass is 16.3. The summed E-state index contributed by atoms with van der Waals surface area (Å²) in [6.07, 6.45) is 3.76. The number of rotatable bonds is 4. The van der Waals surface area contributed by atoms with E-state index < -0.39 is 5.60 Å². The SMILES string of the molecule is CCCn1nnnc1CN1CCCC(C)(O)CC1. The van der Waals surface area contributed by atoms with Crippen molar-refractivity contribution in [3.8, 4) is 0 Å². The van der Waals surface area contributed by atoms with Crippen molar-refractivity contribution in [1.29, 1.82) is 0 Å². The fraction of sp³-hybridized carbons (Fsp3) is 0.917. The summed E-state index contributed by atoms with van der Waals surface area (Å²) in [5.41, 5.74) is -0.510. The summed E-state index contributed by atoms with van der Waals surface area (Å²) in [5.74, 6) is 0.929. The standard InChI is InChI=1S/C12H23N5O/c1-3-7-17-11(13-14-15-17)10-16-8-4-5-12(2,18)6-9-16/h18H,3-10H2,1-2H3. The van der Waals surface area contributed by atoms with E-state index in [9.17, 15) is 5.11 Å². The van der Waals surface area contributed by atoms with E-state index in [0.717, 1.165) is 57.7 Å². The minimum Gasteiger partial charge on any atom is -0.390 e. The first-order valence-electron chi connectivity index (χ1n) is 6.80. The van der Waals surface area contributed by atoms with Crippen LogP contribution in [0.3, 0.4) is 0 Å². The number of aliphatic hydroxyl groups is 1. The molecular formula is C12H23N5O. The Kier molecular flexibility index (Phi) is 4.29. The van der Waals surface area contributed by atoms with Crippen LogP contribution in [0.4, 0.5) is 0 Å². The van der Waals surface area contributed by atoms with Crippen molar-refractivity contribution in [2.75, 3.05) is 13.1 Å². The van der Waals surface area contributed by atoms with E-state index in [0.29, 0.717) is 0 Å². The second-order valence-corrected chi connectivity index (χ2v) is 5.44. The maximum Gasteiger partial charge on any atom is 0.165 e. The Balaban J connectivity index is 1.94. The Hall–Kier alpha value is -1.01. The summed E-state index contributed by atoms with van der Waals surface area (Å²) in [5, 5.41) is 21.9. The molecule has 0 saturated carbocycles. The van der Waals surface area contributed by atoms with E-state index in [-0.39, 0.29) is 0 Å². The van der Waals surface area contributed by atoms with Crippen LogP contribution < -0.4 is 0 Å². The number of hydrogen-bond donors (Lipinski definition) is 1. The molecule has 1 atom stereocenters. The van der Waals surface area contributed by atoms with Crippen LogP contribution in [0.15, 0.2) is 0 Å². The minimum atomic E-state index is -0.510. The molecule has 1 N–H and O–H groups in total. The number of aryl methyl sites for hydroxylation is 1. The molecule has 6 heteroatoms. The lowest BCUT2D eigenvalue weighted by Gasteiger charge is -2.21. The topological polar surface area (TPSA) is 67.1 Å². The molecule has 0 spiro atoms. The molecular weight excluding hydrogens is 230 g/mol. The molecule has 6 nitrogen and oxygen atoms in total. The Labute approximate surface area is 108 Å². The predicted octanol–water partition coefficient (Wildman–Crippen LogP) is 0.820. The zero-order valence-corrected chi connectivity index (χ0v) is 11.3. The molecule has 1 aromatic rings. The molecule has 1 saturated heterocycles. The Morgan fingerprint density at radius 3 is 2.94 bits per heavy atom. The highest BCUT2D eigenvalue weighted by Crippen LogP contribution is 2.21. The molecule has 0 amide bonds.